The van der Waals surface area contributed by atoms with Gasteiger partial charge in [0.05, 0.1) is 5.69 Å². The third kappa shape index (κ3) is 2.80. The normalized spacial score (nSPS) is 21.9. The Bertz CT molecular complexity index is 358. The smallest absolute Gasteiger partial charge is 0.145 e. The van der Waals surface area contributed by atoms with Crippen molar-refractivity contribution < 1.29 is 0 Å². The predicted octanol–water partition coefficient (Wildman–Crippen LogP) is 2.25. The molecule has 0 spiro atoms. The van der Waals surface area contributed by atoms with Crippen LogP contribution in [0.4, 0.5) is 5.82 Å². The van der Waals surface area contributed by atoms with Gasteiger partial charge >= 0.3 is 0 Å². The summed E-state index contributed by atoms with van der Waals surface area (Å²) in [5, 5.41) is 4.31. The van der Waals surface area contributed by atoms with Crippen LogP contribution in [0, 0.1) is 0 Å². The molecule has 1 aromatic rings. The van der Waals surface area contributed by atoms with Crippen LogP contribution < -0.4 is 5.73 Å². The molecule has 0 bridgehead atoms. The standard InChI is InChI=1S/C13H24N4/c1-3-11-7-5-6-8-16(11)10-12-9-13(14)15-17(12)4-2/h9,11H,3-8,10H2,1-2H3,(H2,14,15). The summed E-state index contributed by atoms with van der Waals surface area (Å²) in [5.74, 6) is 0.645. The summed E-state index contributed by atoms with van der Waals surface area (Å²) < 4.78 is 2.02. The highest BCUT2D eigenvalue weighted by Gasteiger charge is 2.21. The van der Waals surface area contributed by atoms with Crippen molar-refractivity contribution >= 4 is 5.82 Å². The number of nitrogen functional groups attached to an aromatic ring is 1. The summed E-state index contributed by atoms with van der Waals surface area (Å²) in [6, 6.07) is 2.76. The fraction of sp³-hybridized carbons (Fsp3) is 0.769. The highest BCUT2D eigenvalue weighted by molar-refractivity contribution is 5.29. The number of hydrogen-bond donors (Lipinski definition) is 1. The molecule has 0 aliphatic carbocycles. The van der Waals surface area contributed by atoms with Gasteiger partial charge in [0.25, 0.3) is 0 Å². The van der Waals surface area contributed by atoms with E-state index < -0.39 is 0 Å². The fourth-order valence-corrected chi connectivity index (χ4v) is 2.82. The molecule has 0 aromatic carbocycles. The number of likely N-dealkylation sites (tertiary alicyclic amines) is 1. The van der Waals surface area contributed by atoms with E-state index >= 15 is 0 Å². The number of rotatable bonds is 4. The van der Waals surface area contributed by atoms with Crippen molar-refractivity contribution in [3.63, 3.8) is 0 Å². The average molecular weight is 236 g/mol. The van der Waals surface area contributed by atoms with Gasteiger partial charge in [0.15, 0.2) is 0 Å². The van der Waals surface area contributed by atoms with Crippen LogP contribution in [0.1, 0.15) is 45.2 Å². The van der Waals surface area contributed by atoms with E-state index in [1.807, 2.05) is 10.7 Å². The van der Waals surface area contributed by atoms with E-state index in [0.717, 1.165) is 19.1 Å². The number of piperidine rings is 1. The number of aromatic nitrogens is 2. The summed E-state index contributed by atoms with van der Waals surface area (Å²) >= 11 is 0. The van der Waals surface area contributed by atoms with Crippen molar-refractivity contribution in [3.05, 3.63) is 11.8 Å². The van der Waals surface area contributed by atoms with Gasteiger partial charge in [0.1, 0.15) is 5.82 Å². The van der Waals surface area contributed by atoms with Crippen LogP contribution in [0.3, 0.4) is 0 Å². The van der Waals surface area contributed by atoms with Gasteiger partial charge in [-0.1, -0.05) is 13.3 Å². The highest BCUT2D eigenvalue weighted by atomic mass is 15.3. The highest BCUT2D eigenvalue weighted by Crippen LogP contribution is 2.22. The molecule has 1 aliphatic heterocycles. The first-order valence-corrected chi connectivity index (χ1v) is 6.80. The van der Waals surface area contributed by atoms with Gasteiger partial charge in [-0.25, -0.2) is 0 Å². The van der Waals surface area contributed by atoms with Crippen molar-refractivity contribution in [1.29, 1.82) is 0 Å². The summed E-state index contributed by atoms with van der Waals surface area (Å²) in [6.07, 6.45) is 5.29. The predicted molar refractivity (Wildman–Crippen MR) is 70.7 cm³/mol. The Hall–Kier alpha value is -1.03. The zero-order valence-electron chi connectivity index (χ0n) is 11.0. The summed E-state index contributed by atoms with van der Waals surface area (Å²) in [4.78, 5) is 2.59. The Morgan fingerprint density at radius 1 is 1.41 bits per heavy atom. The summed E-state index contributed by atoms with van der Waals surface area (Å²) in [5.41, 5.74) is 7.03. The third-order valence-corrected chi connectivity index (χ3v) is 3.77. The zero-order valence-corrected chi connectivity index (χ0v) is 11.0. The first-order chi connectivity index (χ1) is 8.24. The first-order valence-electron chi connectivity index (χ1n) is 6.80. The second kappa shape index (κ2) is 5.54. The topological polar surface area (TPSA) is 47.1 Å². The largest absolute Gasteiger partial charge is 0.382 e. The second-order valence-electron chi connectivity index (χ2n) is 4.90. The van der Waals surface area contributed by atoms with E-state index in [2.05, 4.69) is 23.8 Å². The molecule has 1 unspecified atom stereocenters. The molecule has 1 aliphatic rings. The molecule has 4 heteroatoms. The zero-order chi connectivity index (χ0) is 12.3. The van der Waals surface area contributed by atoms with Crippen LogP contribution in [0.2, 0.25) is 0 Å². The van der Waals surface area contributed by atoms with Crippen molar-refractivity contribution in [2.24, 2.45) is 0 Å². The Morgan fingerprint density at radius 2 is 2.24 bits per heavy atom. The van der Waals surface area contributed by atoms with Crippen LogP contribution in [-0.2, 0) is 13.1 Å². The summed E-state index contributed by atoms with van der Waals surface area (Å²) in [7, 11) is 0. The van der Waals surface area contributed by atoms with Crippen molar-refractivity contribution in [1.82, 2.24) is 14.7 Å². The van der Waals surface area contributed by atoms with Gasteiger partial charge < -0.3 is 5.73 Å². The Balaban J connectivity index is 2.07. The first kappa shape index (κ1) is 12.4. The van der Waals surface area contributed by atoms with Crippen LogP contribution in [0.25, 0.3) is 0 Å². The molecule has 17 heavy (non-hydrogen) atoms. The van der Waals surface area contributed by atoms with E-state index in [-0.39, 0.29) is 0 Å². The fourth-order valence-electron chi connectivity index (χ4n) is 2.82. The van der Waals surface area contributed by atoms with Gasteiger partial charge in [0, 0.05) is 25.2 Å². The lowest BCUT2D eigenvalue weighted by atomic mass is 10.00. The third-order valence-electron chi connectivity index (χ3n) is 3.77. The Morgan fingerprint density at radius 3 is 2.94 bits per heavy atom. The molecule has 96 valence electrons. The number of aryl methyl sites for hydroxylation is 1. The molecule has 0 amide bonds. The van der Waals surface area contributed by atoms with Gasteiger partial charge in [-0.3, -0.25) is 9.58 Å². The monoisotopic (exact) mass is 236 g/mol. The molecule has 4 nitrogen and oxygen atoms in total. The molecular formula is C13H24N4. The van der Waals surface area contributed by atoms with Crippen LogP contribution in [0.5, 0.6) is 0 Å². The molecule has 1 atom stereocenters. The maximum Gasteiger partial charge on any atom is 0.145 e. The van der Waals surface area contributed by atoms with E-state index in [1.54, 1.807) is 0 Å². The number of nitrogens with two attached hydrogens (primary N) is 1. The molecule has 2 rings (SSSR count). The number of hydrogen-bond acceptors (Lipinski definition) is 3. The molecule has 1 aromatic heterocycles. The molecular weight excluding hydrogens is 212 g/mol. The van der Waals surface area contributed by atoms with E-state index in [9.17, 15) is 0 Å². The van der Waals surface area contributed by atoms with Crippen LogP contribution in [-0.4, -0.2) is 27.3 Å². The van der Waals surface area contributed by atoms with Crippen LogP contribution >= 0.6 is 0 Å². The molecule has 0 saturated carbocycles. The molecule has 1 saturated heterocycles. The van der Waals surface area contributed by atoms with Gasteiger partial charge in [-0.2, -0.15) is 5.10 Å². The van der Waals surface area contributed by atoms with Crippen molar-refractivity contribution in [2.75, 3.05) is 12.3 Å². The van der Waals surface area contributed by atoms with E-state index in [0.29, 0.717) is 5.82 Å². The Labute approximate surface area is 104 Å². The lowest BCUT2D eigenvalue weighted by molar-refractivity contribution is 0.132. The minimum absolute atomic E-state index is 0.645. The average Bonchev–Trinajstić information content (AvgIpc) is 2.70. The number of nitrogens with zero attached hydrogens (tertiary/aromatic N) is 3. The molecule has 0 radical (unpaired) electrons. The maximum atomic E-state index is 5.78. The minimum atomic E-state index is 0.645. The lowest BCUT2D eigenvalue weighted by Gasteiger charge is -2.35. The molecule has 2 heterocycles. The second-order valence-corrected chi connectivity index (χ2v) is 4.90. The van der Waals surface area contributed by atoms with Gasteiger partial charge in [-0.15, -0.1) is 0 Å². The summed E-state index contributed by atoms with van der Waals surface area (Å²) in [6.45, 7) is 7.51. The maximum absolute atomic E-state index is 5.78. The Kier molecular flexibility index (Phi) is 4.05. The quantitative estimate of drug-likeness (QED) is 0.872. The number of anilines is 1. The molecule has 1 fully saturated rings. The lowest BCUT2D eigenvalue weighted by Crippen LogP contribution is -2.38. The minimum Gasteiger partial charge on any atom is -0.382 e. The SMILES string of the molecule is CCC1CCCCN1Cc1cc(N)nn1CC. The van der Waals surface area contributed by atoms with Gasteiger partial charge in [-0.05, 0) is 32.7 Å². The van der Waals surface area contributed by atoms with E-state index in [4.69, 9.17) is 5.73 Å². The van der Waals surface area contributed by atoms with Crippen molar-refractivity contribution in [3.8, 4) is 0 Å². The van der Waals surface area contributed by atoms with Crippen molar-refractivity contribution in [2.45, 2.75) is 58.7 Å². The van der Waals surface area contributed by atoms with E-state index in [1.165, 1.54) is 37.9 Å². The van der Waals surface area contributed by atoms with Crippen LogP contribution in [0.15, 0.2) is 6.07 Å². The van der Waals surface area contributed by atoms with Gasteiger partial charge in [0.2, 0.25) is 0 Å². The molecule has 2 N–H and O–H groups in total.